The first-order chi connectivity index (χ1) is 13.5. The number of benzene rings is 2. The lowest BCUT2D eigenvalue weighted by Gasteiger charge is -2.04. The van der Waals surface area contributed by atoms with E-state index in [4.69, 9.17) is 4.98 Å². The van der Waals surface area contributed by atoms with E-state index in [1.54, 1.807) is 22.1 Å². The number of aryl methyl sites for hydroxylation is 3. The van der Waals surface area contributed by atoms with Gasteiger partial charge in [-0.3, -0.25) is 4.79 Å². The van der Waals surface area contributed by atoms with Gasteiger partial charge in [0, 0.05) is 12.1 Å². The zero-order valence-electron chi connectivity index (χ0n) is 15.9. The van der Waals surface area contributed by atoms with Crippen molar-refractivity contribution in [3.63, 3.8) is 0 Å². The molecule has 1 amide bonds. The van der Waals surface area contributed by atoms with Gasteiger partial charge in [0.2, 0.25) is 11.0 Å². The molecular weight excluding hydrogens is 368 g/mol. The maximum Gasteiger partial charge on any atom is 0.249 e. The highest BCUT2D eigenvalue weighted by Crippen LogP contribution is 2.30. The average Bonchev–Trinajstić information content (AvgIpc) is 3.24. The number of carbonyl (C=O) groups is 1. The zero-order chi connectivity index (χ0) is 19.7. The van der Waals surface area contributed by atoms with Crippen molar-refractivity contribution < 1.29 is 4.79 Å². The summed E-state index contributed by atoms with van der Waals surface area (Å²) in [5.74, 6) is 0.395. The number of rotatable bonds is 4. The van der Waals surface area contributed by atoms with Gasteiger partial charge < -0.3 is 5.32 Å². The van der Waals surface area contributed by atoms with E-state index >= 15 is 0 Å². The van der Waals surface area contributed by atoms with Gasteiger partial charge in [-0.1, -0.05) is 47.7 Å². The van der Waals surface area contributed by atoms with Gasteiger partial charge in [0.15, 0.2) is 0 Å². The van der Waals surface area contributed by atoms with Gasteiger partial charge in [0.05, 0.1) is 15.9 Å². The standard InChI is InChI=1S/C22H20N4OS/c1-14-11-15(2)21-18(12-14)28-22(24-21)26-19(13-16(3)25-26)23-20(27)10-9-17-7-5-4-6-8-17/h4-13H,1-3H3,(H,23,27)/b10-9+. The Kier molecular flexibility index (Phi) is 4.79. The number of hydrogen-bond acceptors (Lipinski definition) is 4. The van der Waals surface area contributed by atoms with Crippen molar-refractivity contribution in [2.75, 3.05) is 5.32 Å². The summed E-state index contributed by atoms with van der Waals surface area (Å²) in [7, 11) is 0. The fourth-order valence-electron chi connectivity index (χ4n) is 3.09. The van der Waals surface area contributed by atoms with Gasteiger partial charge in [-0.05, 0) is 49.6 Å². The Balaban J connectivity index is 1.63. The molecule has 0 unspecified atom stereocenters. The van der Waals surface area contributed by atoms with Crippen molar-refractivity contribution in [2.24, 2.45) is 0 Å². The van der Waals surface area contributed by atoms with Gasteiger partial charge in [-0.15, -0.1) is 0 Å². The van der Waals surface area contributed by atoms with Crippen LogP contribution < -0.4 is 5.32 Å². The predicted molar refractivity (Wildman–Crippen MR) is 115 cm³/mol. The van der Waals surface area contributed by atoms with Crippen molar-refractivity contribution in [1.29, 1.82) is 0 Å². The normalized spacial score (nSPS) is 11.4. The molecule has 0 saturated heterocycles. The molecule has 1 N–H and O–H groups in total. The van der Waals surface area contributed by atoms with Crippen molar-refractivity contribution in [3.05, 3.63) is 77.0 Å². The van der Waals surface area contributed by atoms with Crippen LogP contribution in [0.4, 0.5) is 5.82 Å². The molecule has 0 saturated carbocycles. The van der Waals surface area contributed by atoms with Crippen molar-refractivity contribution in [2.45, 2.75) is 20.8 Å². The molecule has 4 aromatic rings. The predicted octanol–water partition coefficient (Wildman–Crippen LogP) is 5.06. The van der Waals surface area contributed by atoms with Crippen molar-refractivity contribution in [3.8, 4) is 5.13 Å². The molecule has 0 aliphatic rings. The number of anilines is 1. The van der Waals surface area contributed by atoms with Gasteiger partial charge >= 0.3 is 0 Å². The Bertz CT molecular complexity index is 1190. The largest absolute Gasteiger partial charge is 0.307 e. The third kappa shape index (κ3) is 3.73. The molecule has 4 rings (SSSR count). The Morgan fingerprint density at radius 2 is 1.89 bits per heavy atom. The molecule has 140 valence electrons. The third-order valence-corrected chi connectivity index (χ3v) is 5.29. The minimum atomic E-state index is -0.210. The molecule has 2 aromatic heterocycles. The maximum absolute atomic E-state index is 12.4. The van der Waals surface area contributed by atoms with Gasteiger partial charge in [-0.2, -0.15) is 9.78 Å². The summed E-state index contributed by atoms with van der Waals surface area (Å²) in [6.45, 7) is 6.04. The molecule has 0 spiro atoms. The Morgan fingerprint density at radius 1 is 1.11 bits per heavy atom. The first-order valence-corrected chi connectivity index (χ1v) is 9.80. The van der Waals surface area contributed by atoms with Crippen molar-refractivity contribution >= 4 is 39.4 Å². The third-order valence-electron chi connectivity index (χ3n) is 4.31. The number of carbonyl (C=O) groups excluding carboxylic acids is 1. The van der Waals surface area contributed by atoms with Crippen LogP contribution in [0.15, 0.2) is 54.6 Å². The summed E-state index contributed by atoms with van der Waals surface area (Å²) in [5.41, 5.74) is 5.10. The molecule has 0 aliphatic heterocycles. The molecule has 5 nitrogen and oxygen atoms in total. The number of nitrogens with one attached hydrogen (secondary N) is 1. The number of amides is 1. The molecule has 0 aliphatic carbocycles. The van der Waals surface area contributed by atoms with Crippen LogP contribution in [-0.4, -0.2) is 20.7 Å². The minimum absolute atomic E-state index is 0.210. The molecule has 0 radical (unpaired) electrons. The van der Waals surface area contributed by atoms with E-state index in [0.29, 0.717) is 5.82 Å². The minimum Gasteiger partial charge on any atom is -0.307 e. The summed E-state index contributed by atoms with van der Waals surface area (Å²) in [6, 6.07) is 15.8. The van der Waals surface area contributed by atoms with E-state index in [1.807, 2.05) is 43.3 Å². The van der Waals surface area contributed by atoms with E-state index in [-0.39, 0.29) is 5.91 Å². The highest BCUT2D eigenvalue weighted by atomic mass is 32.1. The number of fused-ring (bicyclic) bond motifs is 1. The second-order valence-corrected chi connectivity index (χ2v) is 7.75. The van der Waals surface area contributed by atoms with Gasteiger partial charge in [-0.25, -0.2) is 4.98 Å². The number of hydrogen-bond donors (Lipinski definition) is 1. The smallest absolute Gasteiger partial charge is 0.249 e. The average molecular weight is 388 g/mol. The van der Waals surface area contributed by atoms with E-state index in [0.717, 1.165) is 32.2 Å². The van der Waals surface area contributed by atoms with Crippen LogP contribution in [0, 0.1) is 20.8 Å². The van der Waals surface area contributed by atoms with E-state index in [1.165, 1.54) is 11.6 Å². The Labute approximate surface area is 167 Å². The lowest BCUT2D eigenvalue weighted by molar-refractivity contribution is -0.111. The fraction of sp³-hybridized carbons (Fsp3) is 0.136. The lowest BCUT2D eigenvalue weighted by atomic mass is 10.1. The molecule has 0 atom stereocenters. The van der Waals surface area contributed by atoms with Crippen LogP contribution >= 0.6 is 11.3 Å². The summed E-state index contributed by atoms with van der Waals surface area (Å²) < 4.78 is 2.81. The Morgan fingerprint density at radius 3 is 2.68 bits per heavy atom. The SMILES string of the molecule is Cc1cc(C)c2nc(-n3nc(C)cc3NC(=O)/C=C/c3ccccc3)sc2c1. The first kappa shape index (κ1) is 18.1. The molecule has 6 heteroatoms. The van der Waals surface area contributed by atoms with Gasteiger partial charge in [0.25, 0.3) is 0 Å². The number of thiazole rings is 1. The highest BCUT2D eigenvalue weighted by Gasteiger charge is 2.14. The summed E-state index contributed by atoms with van der Waals surface area (Å²) in [5, 5.41) is 8.17. The number of nitrogens with zero attached hydrogens (tertiary/aromatic N) is 3. The lowest BCUT2D eigenvalue weighted by Crippen LogP contribution is -2.12. The second kappa shape index (κ2) is 7.40. The van der Waals surface area contributed by atoms with Gasteiger partial charge in [0.1, 0.15) is 5.82 Å². The van der Waals surface area contributed by atoms with Crippen LogP contribution in [0.5, 0.6) is 0 Å². The number of aromatic nitrogens is 3. The first-order valence-electron chi connectivity index (χ1n) is 8.98. The fourth-order valence-corrected chi connectivity index (χ4v) is 4.20. The monoisotopic (exact) mass is 388 g/mol. The van der Waals surface area contributed by atoms with Crippen molar-refractivity contribution in [1.82, 2.24) is 14.8 Å². The van der Waals surface area contributed by atoms with Crippen LogP contribution in [-0.2, 0) is 4.79 Å². The quantitative estimate of drug-likeness (QED) is 0.497. The van der Waals surface area contributed by atoms with Crippen LogP contribution in [0.3, 0.4) is 0 Å². The van der Waals surface area contributed by atoms with E-state index < -0.39 is 0 Å². The molecule has 0 bridgehead atoms. The maximum atomic E-state index is 12.4. The second-order valence-electron chi connectivity index (χ2n) is 6.74. The van der Waals surface area contributed by atoms with Crippen LogP contribution in [0.1, 0.15) is 22.4 Å². The summed E-state index contributed by atoms with van der Waals surface area (Å²) in [4.78, 5) is 17.1. The molecule has 2 aromatic carbocycles. The van der Waals surface area contributed by atoms with Crippen LogP contribution in [0.2, 0.25) is 0 Å². The molecule has 2 heterocycles. The molecule has 28 heavy (non-hydrogen) atoms. The summed E-state index contributed by atoms with van der Waals surface area (Å²) in [6.07, 6.45) is 3.31. The highest BCUT2D eigenvalue weighted by molar-refractivity contribution is 7.20. The van der Waals surface area contributed by atoms with E-state index in [2.05, 4.69) is 36.4 Å². The summed E-state index contributed by atoms with van der Waals surface area (Å²) >= 11 is 1.56. The zero-order valence-corrected chi connectivity index (χ0v) is 16.7. The van der Waals surface area contributed by atoms with Crippen LogP contribution in [0.25, 0.3) is 21.4 Å². The Hall–Kier alpha value is -3.25. The topological polar surface area (TPSA) is 59.8 Å². The molecule has 0 fully saturated rings. The molecular formula is C22H20N4OS. The van der Waals surface area contributed by atoms with E-state index in [9.17, 15) is 4.79 Å².